The molecule has 2 amide bonds. The number of fused-ring (bicyclic) bond motifs is 1. The Morgan fingerprint density at radius 3 is 2.62 bits per heavy atom. The minimum atomic E-state index is -4.21. The number of sulfonamides is 1. The Balaban J connectivity index is 1.45. The van der Waals surface area contributed by atoms with Crippen molar-refractivity contribution in [3.8, 4) is 0 Å². The van der Waals surface area contributed by atoms with E-state index in [4.69, 9.17) is 0 Å². The second-order valence-corrected chi connectivity index (χ2v) is 11.8. The van der Waals surface area contributed by atoms with Gasteiger partial charge in [0, 0.05) is 24.1 Å². The Morgan fingerprint density at radius 2 is 1.87 bits per heavy atom. The van der Waals surface area contributed by atoms with Gasteiger partial charge in [-0.2, -0.15) is 9.04 Å². The topological polar surface area (TPSA) is 152 Å². The molecular formula is C27H31N5O6S. The van der Waals surface area contributed by atoms with Gasteiger partial charge in [0.05, 0.1) is 18.1 Å². The molecule has 12 heteroatoms. The first-order chi connectivity index (χ1) is 18.6. The highest BCUT2D eigenvalue weighted by atomic mass is 32.2. The molecule has 3 aromatic rings. The molecule has 1 aliphatic heterocycles. The van der Waals surface area contributed by atoms with Crippen LogP contribution in [0.25, 0.3) is 10.9 Å². The number of rotatable bonds is 8. The minimum absolute atomic E-state index is 0.0229. The predicted octanol–water partition coefficient (Wildman–Crippen LogP) is 1.55. The monoisotopic (exact) mass is 553 g/mol. The van der Waals surface area contributed by atoms with Gasteiger partial charge in [-0.05, 0) is 43.4 Å². The second-order valence-electron chi connectivity index (χ2n) is 9.92. The lowest BCUT2D eigenvalue weighted by Crippen LogP contribution is -2.53. The molecule has 206 valence electrons. The predicted molar refractivity (Wildman–Crippen MR) is 143 cm³/mol. The molecule has 1 unspecified atom stereocenters. The molecule has 1 saturated heterocycles. The number of nitrogens with zero attached hydrogens (tertiary/aromatic N) is 3. The molecule has 3 heterocycles. The number of aromatic nitrogens is 2. The van der Waals surface area contributed by atoms with E-state index in [1.807, 2.05) is 32.0 Å². The van der Waals surface area contributed by atoms with Crippen LogP contribution in [-0.2, 0) is 19.6 Å². The smallest absolute Gasteiger partial charge is 0.323 e. The third-order valence-electron chi connectivity index (χ3n) is 6.49. The summed E-state index contributed by atoms with van der Waals surface area (Å²) in [6, 6.07) is 12.9. The molecule has 1 fully saturated rings. The van der Waals surface area contributed by atoms with E-state index >= 15 is 0 Å². The van der Waals surface area contributed by atoms with E-state index in [9.17, 15) is 28.0 Å². The summed E-state index contributed by atoms with van der Waals surface area (Å²) in [4.78, 5) is 43.7. The maximum atomic E-state index is 13.3. The first kappa shape index (κ1) is 28.1. The lowest BCUT2D eigenvalue weighted by Gasteiger charge is -2.23. The molecule has 1 aliphatic rings. The fourth-order valence-corrected chi connectivity index (χ4v) is 5.97. The SMILES string of the molecule is CC(C)CC(NC(=O)c1ccc2ccccc2n1)C(=O)N[C@H]1CCCN(S(=O)(=O)c2cccc[n+]2[O-])CC1=O. The van der Waals surface area contributed by atoms with Crippen LogP contribution >= 0.6 is 0 Å². The van der Waals surface area contributed by atoms with Gasteiger partial charge in [-0.1, -0.05) is 38.1 Å². The normalized spacial score (nSPS) is 17.5. The summed E-state index contributed by atoms with van der Waals surface area (Å²) in [5.74, 6) is -1.49. The highest BCUT2D eigenvalue weighted by molar-refractivity contribution is 7.89. The highest BCUT2D eigenvalue weighted by Gasteiger charge is 2.37. The first-order valence-electron chi connectivity index (χ1n) is 12.7. The number of hydrogen-bond donors (Lipinski definition) is 2. The van der Waals surface area contributed by atoms with Gasteiger partial charge in [0.25, 0.3) is 5.91 Å². The minimum Gasteiger partial charge on any atom is -0.618 e. The van der Waals surface area contributed by atoms with Crippen molar-refractivity contribution in [2.45, 2.75) is 50.2 Å². The summed E-state index contributed by atoms with van der Waals surface area (Å²) in [5, 5.41) is 17.9. The number of amides is 2. The summed E-state index contributed by atoms with van der Waals surface area (Å²) in [7, 11) is -4.21. The lowest BCUT2D eigenvalue weighted by atomic mass is 10.0. The van der Waals surface area contributed by atoms with Gasteiger partial charge in [0.2, 0.25) is 5.91 Å². The summed E-state index contributed by atoms with van der Waals surface area (Å²) in [5.41, 5.74) is 0.815. The Morgan fingerprint density at radius 1 is 1.13 bits per heavy atom. The van der Waals surface area contributed by atoms with E-state index < -0.39 is 51.3 Å². The number of nitrogens with one attached hydrogen (secondary N) is 2. The van der Waals surface area contributed by atoms with E-state index in [-0.39, 0.29) is 29.3 Å². The van der Waals surface area contributed by atoms with Crippen LogP contribution in [0.5, 0.6) is 0 Å². The zero-order chi connectivity index (χ0) is 28.2. The Kier molecular flexibility index (Phi) is 8.56. The van der Waals surface area contributed by atoms with Gasteiger partial charge in [0.15, 0.2) is 12.0 Å². The van der Waals surface area contributed by atoms with Crippen molar-refractivity contribution in [3.05, 3.63) is 71.7 Å². The van der Waals surface area contributed by atoms with Crippen LogP contribution in [-0.4, -0.2) is 60.5 Å². The van der Waals surface area contributed by atoms with Crippen molar-refractivity contribution < 1.29 is 27.5 Å². The number of pyridine rings is 2. The van der Waals surface area contributed by atoms with Crippen molar-refractivity contribution in [2.75, 3.05) is 13.1 Å². The lowest BCUT2D eigenvalue weighted by molar-refractivity contribution is -0.646. The molecule has 0 aliphatic carbocycles. The zero-order valence-electron chi connectivity index (χ0n) is 21.7. The van der Waals surface area contributed by atoms with Crippen LogP contribution in [0.1, 0.15) is 43.6 Å². The van der Waals surface area contributed by atoms with Crippen molar-refractivity contribution in [1.82, 2.24) is 19.9 Å². The molecule has 39 heavy (non-hydrogen) atoms. The van der Waals surface area contributed by atoms with Gasteiger partial charge < -0.3 is 15.8 Å². The Hall–Kier alpha value is -3.90. The molecular weight excluding hydrogens is 522 g/mol. The molecule has 2 aromatic heterocycles. The van der Waals surface area contributed by atoms with Crippen molar-refractivity contribution >= 4 is 38.5 Å². The number of Topliss-reactive ketones (excluding diaryl/α,β-unsaturated/α-hetero) is 1. The zero-order valence-corrected chi connectivity index (χ0v) is 22.6. The maximum absolute atomic E-state index is 13.3. The Labute approximate surface area is 226 Å². The molecule has 0 spiro atoms. The van der Waals surface area contributed by atoms with E-state index in [2.05, 4.69) is 15.6 Å². The van der Waals surface area contributed by atoms with Crippen LogP contribution in [0.3, 0.4) is 0 Å². The van der Waals surface area contributed by atoms with Gasteiger partial charge in [-0.3, -0.25) is 14.4 Å². The van der Waals surface area contributed by atoms with Crippen LogP contribution in [0.2, 0.25) is 0 Å². The molecule has 11 nitrogen and oxygen atoms in total. The van der Waals surface area contributed by atoms with E-state index in [1.54, 1.807) is 18.2 Å². The largest absolute Gasteiger partial charge is 0.618 e. The maximum Gasteiger partial charge on any atom is 0.323 e. The average molecular weight is 554 g/mol. The number of para-hydroxylation sites is 1. The fourth-order valence-electron chi connectivity index (χ4n) is 4.50. The van der Waals surface area contributed by atoms with Crippen molar-refractivity contribution in [2.24, 2.45) is 5.92 Å². The molecule has 0 saturated carbocycles. The van der Waals surface area contributed by atoms with E-state index in [0.29, 0.717) is 18.4 Å². The Bertz CT molecular complexity index is 1490. The average Bonchev–Trinajstić information content (AvgIpc) is 3.09. The van der Waals surface area contributed by atoms with Gasteiger partial charge in [0.1, 0.15) is 11.7 Å². The van der Waals surface area contributed by atoms with Crippen LogP contribution in [0.4, 0.5) is 0 Å². The number of carbonyl (C=O) groups is 3. The van der Waals surface area contributed by atoms with Crippen molar-refractivity contribution in [1.29, 1.82) is 0 Å². The van der Waals surface area contributed by atoms with Gasteiger partial charge in [-0.15, -0.1) is 0 Å². The number of carbonyl (C=O) groups excluding carboxylic acids is 3. The van der Waals surface area contributed by atoms with Crippen LogP contribution < -0.4 is 15.4 Å². The number of hydrogen-bond acceptors (Lipinski definition) is 7. The summed E-state index contributed by atoms with van der Waals surface area (Å²) >= 11 is 0. The summed E-state index contributed by atoms with van der Waals surface area (Å²) in [6.45, 7) is 3.36. The molecule has 1 aromatic carbocycles. The molecule has 0 bridgehead atoms. The molecule has 4 rings (SSSR count). The molecule has 2 N–H and O–H groups in total. The summed E-state index contributed by atoms with van der Waals surface area (Å²) in [6.07, 6.45) is 1.91. The van der Waals surface area contributed by atoms with Crippen LogP contribution in [0, 0.1) is 11.1 Å². The first-order valence-corrected chi connectivity index (χ1v) is 14.2. The molecule has 2 atom stereocenters. The highest BCUT2D eigenvalue weighted by Crippen LogP contribution is 2.18. The summed E-state index contributed by atoms with van der Waals surface area (Å²) < 4.78 is 27.2. The van der Waals surface area contributed by atoms with Crippen LogP contribution in [0.15, 0.2) is 65.8 Å². The third-order valence-corrected chi connectivity index (χ3v) is 8.33. The fraction of sp³-hybridized carbons (Fsp3) is 0.370. The number of benzene rings is 1. The quantitative estimate of drug-likeness (QED) is 0.317. The standard InChI is InChI=1S/C27H31N5O6S/c1-18(2)16-23(30-26(34)22-13-12-19-8-3-4-9-20(19)28-22)27(35)29-21-10-7-14-31(17-24(21)33)39(37,38)25-11-5-6-15-32(25)36/h3-6,8-9,11-13,15,18,21,23H,7,10,14,16-17H2,1-2H3,(H,29,35)(H,30,34)/t21-,23?/m0/s1. The second kappa shape index (κ2) is 11.9. The van der Waals surface area contributed by atoms with E-state index in [1.165, 1.54) is 18.2 Å². The van der Waals surface area contributed by atoms with Gasteiger partial charge in [-0.25, -0.2) is 13.4 Å². The number of ketones is 1. The van der Waals surface area contributed by atoms with Gasteiger partial charge >= 0.3 is 15.0 Å². The van der Waals surface area contributed by atoms with Crippen molar-refractivity contribution in [3.63, 3.8) is 0 Å². The van der Waals surface area contributed by atoms with E-state index in [0.717, 1.165) is 15.9 Å². The molecule has 0 radical (unpaired) electrons. The third kappa shape index (κ3) is 6.58.